The molecule has 0 fully saturated rings. The first-order valence-electron chi connectivity index (χ1n) is 6.81. The van der Waals surface area contributed by atoms with Crippen LogP contribution < -0.4 is 5.32 Å². The third-order valence-corrected chi connectivity index (χ3v) is 3.26. The minimum atomic E-state index is -1.13. The second-order valence-corrected chi connectivity index (χ2v) is 6.18. The van der Waals surface area contributed by atoms with Crippen molar-refractivity contribution in [2.75, 3.05) is 5.32 Å². The van der Waals surface area contributed by atoms with E-state index in [1.54, 1.807) is 0 Å². The Morgan fingerprint density at radius 3 is 1.88 bits per heavy atom. The lowest BCUT2D eigenvalue weighted by Gasteiger charge is -2.11. The zero-order valence-corrected chi connectivity index (χ0v) is 15.4. The number of anilines is 1. The second kappa shape index (κ2) is 9.41. The summed E-state index contributed by atoms with van der Waals surface area (Å²) in [6.07, 6.45) is 2.70. The minimum absolute atomic E-state index is 0.0538. The molecule has 0 saturated heterocycles. The fourth-order valence-corrected chi connectivity index (χ4v) is 2.06. The first-order chi connectivity index (χ1) is 11.6. The number of aromatic carboxylic acids is 2. The molecule has 3 N–H and O–H groups in total. The predicted octanol–water partition coefficient (Wildman–Crippen LogP) is 4.34. The molecule has 10 heteroatoms. The number of carbonyl (C=O) groups is 2. The summed E-state index contributed by atoms with van der Waals surface area (Å²) in [5, 5.41) is 20.8. The Kier molecular flexibility index (Phi) is 7.89. The number of rotatable bonds is 4. The van der Waals surface area contributed by atoms with E-state index < -0.39 is 11.9 Å². The number of hydrogen-bond acceptors (Lipinski definition) is 5. The highest BCUT2D eigenvalue weighted by molar-refractivity contribution is 6.34. The Labute approximate surface area is 158 Å². The number of halogens is 3. The largest absolute Gasteiger partial charge is 0.478 e. The van der Waals surface area contributed by atoms with Gasteiger partial charge in [-0.2, -0.15) is 0 Å². The highest BCUT2D eigenvalue weighted by Gasteiger charge is 2.12. The summed E-state index contributed by atoms with van der Waals surface area (Å²) < 4.78 is 0. The molecule has 0 saturated carbocycles. The Bertz CT molecular complexity index is 785. The monoisotopic (exact) mass is 405 g/mol. The number of carboxylic acids is 2. The van der Waals surface area contributed by atoms with E-state index in [-0.39, 0.29) is 27.3 Å². The lowest BCUT2D eigenvalue weighted by molar-refractivity contribution is 0.0686. The van der Waals surface area contributed by atoms with Crippen LogP contribution in [0.2, 0.25) is 15.2 Å². The maximum Gasteiger partial charge on any atom is 0.339 e. The number of nitrogens with zero attached hydrogens (tertiary/aromatic N) is 2. The Morgan fingerprint density at radius 2 is 1.44 bits per heavy atom. The van der Waals surface area contributed by atoms with Crippen LogP contribution >= 0.6 is 34.8 Å². The zero-order chi connectivity index (χ0) is 19.1. The molecule has 2 rings (SSSR count). The molecule has 0 unspecified atom stereocenters. The predicted molar refractivity (Wildman–Crippen MR) is 96.2 cm³/mol. The zero-order valence-electron chi connectivity index (χ0n) is 13.1. The molecule has 0 atom stereocenters. The van der Waals surface area contributed by atoms with E-state index in [1.807, 2.05) is 13.8 Å². The third-order valence-electron chi connectivity index (χ3n) is 2.55. The van der Waals surface area contributed by atoms with E-state index in [9.17, 15) is 9.59 Å². The van der Waals surface area contributed by atoms with Crippen molar-refractivity contribution in [1.29, 1.82) is 0 Å². The van der Waals surface area contributed by atoms with Gasteiger partial charge in [0, 0.05) is 18.4 Å². The van der Waals surface area contributed by atoms with E-state index in [1.165, 1.54) is 24.5 Å². The van der Waals surface area contributed by atoms with Gasteiger partial charge in [-0.15, -0.1) is 0 Å². The van der Waals surface area contributed by atoms with E-state index in [4.69, 9.17) is 45.0 Å². The van der Waals surface area contributed by atoms with Crippen LogP contribution in [-0.4, -0.2) is 38.2 Å². The van der Waals surface area contributed by atoms with Gasteiger partial charge in [0.05, 0.1) is 15.6 Å². The van der Waals surface area contributed by atoms with Gasteiger partial charge < -0.3 is 15.5 Å². The maximum atomic E-state index is 10.8. The molecule has 0 radical (unpaired) electrons. The second-order valence-electron chi connectivity index (χ2n) is 4.95. The van der Waals surface area contributed by atoms with Gasteiger partial charge in [0.1, 0.15) is 16.5 Å². The number of nitrogens with one attached hydrogen (secondary N) is 1. The summed E-state index contributed by atoms with van der Waals surface area (Å²) in [6.45, 7) is 3.81. The summed E-state index contributed by atoms with van der Waals surface area (Å²) >= 11 is 16.6. The van der Waals surface area contributed by atoms with Crippen LogP contribution in [0.1, 0.15) is 34.6 Å². The van der Waals surface area contributed by atoms with Crippen LogP contribution in [0.5, 0.6) is 0 Å². The molecule has 7 nitrogen and oxygen atoms in total. The molecule has 0 aliphatic rings. The summed E-state index contributed by atoms with van der Waals surface area (Å²) in [6, 6.07) is 2.75. The molecular formula is C15H14Cl3N3O4. The Balaban J connectivity index is 0.000000257. The van der Waals surface area contributed by atoms with Crippen molar-refractivity contribution in [3.05, 3.63) is 50.9 Å². The van der Waals surface area contributed by atoms with E-state index in [0.717, 1.165) is 0 Å². The molecular weight excluding hydrogens is 393 g/mol. The molecule has 0 bridgehead atoms. The molecule has 0 aliphatic carbocycles. The fraction of sp³-hybridized carbons (Fsp3) is 0.200. The van der Waals surface area contributed by atoms with Crippen LogP contribution in [0.3, 0.4) is 0 Å². The Hall–Kier alpha value is -2.09. The average Bonchev–Trinajstić information content (AvgIpc) is 2.51. The number of aromatic nitrogens is 2. The van der Waals surface area contributed by atoms with Crippen LogP contribution in [0, 0.1) is 0 Å². The molecule has 2 aromatic rings. The fourth-order valence-electron chi connectivity index (χ4n) is 1.56. The van der Waals surface area contributed by atoms with Gasteiger partial charge in [0.25, 0.3) is 0 Å². The van der Waals surface area contributed by atoms with Crippen molar-refractivity contribution in [3.8, 4) is 0 Å². The quantitative estimate of drug-likeness (QED) is 0.647. The summed E-state index contributed by atoms with van der Waals surface area (Å²) in [4.78, 5) is 28.7. The highest BCUT2D eigenvalue weighted by atomic mass is 35.5. The minimum Gasteiger partial charge on any atom is -0.478 e. The Morgan fingerprint density at radius 1 is 0.960 bits per heavy atom. The van der Waals surface area contributed by atoms with Crippen LogP contribution in [0.15, 0.2) is 24.5 Å². The van der Waals surface area contributed by atoms with Crippen LogP contribution in [0.4, 0.5) is 5.82 Å². The molecule has 134 valence electrons. The molecule has 0 aromatic carbocycles. The molecule has 0 spiro atoms. The first-order valence-corrected chi connectivity index (χ1v) is 7.95. The third kappa shape index (κ3) is 6.74. The van der Waals surface area contributed by atoms with Crippen molar-refractivity contribution >= 4 is 52.6 Å². The maximum absolute atomic E-state index is 10.8. The van der Waals surface area contributed by atoms with Crippen molar-refractivity contribution in [2.24, 2.45) is 0 Å². The van der Waals surface area contributed by atoms with Crippen molar-refractivity contribution in [2.45, 2.75) is 19.9 Å². The summed E-state index contributed by atoms with van der Waals surface area (Å²) in [5.41, 5.74) is 0.00497. The van der Waals surface area contributed by atoms with Gasteiger partial charge in [-0.05, 0) is 26.0 Å². The number of hydrogen-bond donors (Lipinski definition) is 3. The van der Waals surface area contributed by atoms with Gasteiger partial charge in [-0.25, -0.2) is 19.6 Å². The molecule has 0 aliphatic heterocycles. The molecule has 25 heavy (non-hydrogen) atoms. The highest BCUT2D eigenvalue weighted by Crippen LogP contribution is 2.18. The van der Waals surface area contributed by atoms with E-state index >= 15 is 0 Å². The summed E-state index contributed by atoms with van der Waals surface area (Å²) in [7, 11) is 0. The molecule has 2 aromatic heterocycles. The van der Waals surface area contributed by atoms with Crippen molar-refractivity contribution < 1.29 is 19.8 Å². The van der Waals surface area contributed by atoms with Gasteiger partial charge in [-0.3, -0.25) is 0 Å². The SMILES string of the molecule is CC(C)Nc1ncc(Cl)cc1C(=O)O.O=C(O)c1cc(Cl)cnc1Cl. The van der Waals surface area contributed by atoms with Crippen LogP contribution in [0.25, 0.3) is 0 Å². The van der Waals surface area contributed by atoms with Gasteiger partial charge in [0.2, 0.25) is 0 Å². The van der Waals surface area contributed by atoms with Gasteiger partial charge in [0.15, 0.2) is 0 Å². The average molecular weight is 407 g/mol. The first kappa shape index (κ1) is 21.0. The summed E-state index contributed by atoms with van der Waals surface area (Å²) in [5.74, 6) is -1.83. The van der Waals surface area contributed by atoms with Gasteiger partial charge >= 0.3 is 11.9 Å². The van der Waals surface area contributed by atoms with E-state index in [0.29, 0.717) is 10.8 Å². The van der Waals surface area contributed by atoms with Crippen LogP contribution in [-0.2, 0) is 0 Å². The smallest absolute Gasteiger partial charge is 0.339 e. The van der Waals surface area contributed by atoms with Gasteiger partial charge in [-0.1, -0.05) is 34.8 Å². The number of carboxylic acid groups (broad SMARTS) is 2. The standard InChI is InChI=1S/C9H11ClN2O2.C6H3Cl2NO2/c1-5(2)12-8-7(9(13)14)3-6(10)4-11-8;7-3-1-4(6(10)11)5(8)9-2-3/h3-5H,1-2H3,(H,11,12)(H,13,14);1-2H,(H,10,11). The molecule has 2 heterocycles. The van der Waals surface area contributed by atoms with E-state index in [2.05, 4.69) is 15.3 Å². The molecule has 0 amide bonds. The topological polar surface area (TPSA) is 112 Å². The lowest BCUT2D eigenvalue weighted by Crippen LogP contribution is -2.14. The normalized spacial score (nSPS) is 10.0. The van der Waals surface area contributed by atoms with Crippen molar-refractivity contribution in [3.63, 3.8) is 0 Å². The van der Waals surface area contributed by atoms with Crippen molar-refractivity contribution in [1.82, 2.24) is 9.97 Å². The lowest BCUT2D eigenvalue weighted by atomic mass is 10.2. The number of pyridine rings is 2.